The Morgan fingerprint density at radius 3 is 2.50 bits per heavy atom. The first-order valence-corrected chi connectivity index (χ1v) is 10.3. The van der Waals surface area contributed by atoms with Crippen LogP contribution in [0, 0.1) is 0 Å². The van der Waals surface area contributed by atoms with Crippen LogP contribution < -0.4 is 0 Å². The van der Waals surface area contributed by atoms with Gasteiger partial charge in [0.15, 0.2) is 0 Å². The van der Waals surface area contributed by atoms with Crippen molar-refractivity contribution < 1.29 is 8.42 Å². The van der Waals surface area contributed by atoms with Crippen molar-refractivity contribution in [3.8, 4) is 0 Å². The number of rotatable bonds is 5. The lowest BCUT2D eigenvalue weighted by Gasteiger charge is -2.38. The van der Waals surface area contributed by atoms with E-state index >= 15 is 0 Å². The van der Waals surface area contributed by atoms with Crippen LogP contribution in [0.2, 0.25) is 0 Å². The van der Waals surface area contributed by atoms with Crippen molar-refractivity contribution in [3.05, 3.63) is 30.1 Å². The molecule has 2 heterocycles. The highest BCUT2D eigenvalue weighted by atomic mass is 32.2. The number of aromatic nitrogens is 1. The second-order valence-electron chi connectivity index (χ2n) is 6.85. The molecule has 0 N–H and O–H groups in total. The molecule has 1 aromatic heterocycles. The molecule has 0 bridgehead atoms. The van der Waals surface area contributed by atoms with Gasteiger partial charge in [0.25, 0.3) is 10.2 Å². The maximum absolute atomic E-state index is 12.9. The zero-order chi connectivity index (χ0) is 17.0. The summed E-state index contributed by atoms with van der Waals surface area (Å²) >= 11 is 0. The first-order chi connectivity index (χ1) is 11.6. The first kappa shape index (κ1) is 17.8. The predicted molar refractivity (Wildman–Crippen MR) is 94.6 cm³/mol. The molecule has 1 aliphatic carbocycles. The van der Waals surface area contributed by atoms with Gasteiger partial charge in [0.2, 0.25) is 0 Å². The van der Waals surface area contributed by atoms with Crippen LogP contribution in [0.25, 0.3) is 0 Å². The molecule has 2 fully saturated rings. The van der Waals surface area contributed by atoms with E-state index in [1.165, 1.54) is 12.0 Å². The molecule has 1 aliphatic heterocycles. The minimum absolute atomic E-state index is 0.178. The van der Waals surface area contributed by atoms with Crippen LogP contribution in [0.3, 0.4) is 0 Å². The lowest BCUT2D eigenvalue weighted by atomic mass is 9.96. The average Bonchev–Trinajstić information content (AvgIpc) is 2.63. The summed E-state index contributed by atoms with van der Waals surface area (Å²) in [5.74, 6) is 0. The Morgan fingerprint density at radius 1 is 1.17 bits per heavy atom. The summed E-state index contributed by atoms with van der Waals surface area (Å²) in [6, 6.07) is 4.18. The Balaban J connectivity index is 1.55. The standard InChI is InChI=1S/C17H28N4O2S/c1-19(17-7-3-2-4-8-17)24(22,23)21-12-10-20(11-13-21)15-16-6-5-9-18-14-16/h5-6,9,14,17H,2-4,7-8,10-13,15H2,1H3. The highest BCUT2D eigenvalue weighted by Crippen LogP contribution is 2.25. The van der Waals surface area contributed by atoms with E-state index in [4.69, 9.17) is 0 Å². The fraction of sp³-hybridized carbons (Fsp3) is 0.706. The molecular weight excluding hydrogens is 324 g/mol. The van der Waals surface area contributed by atoms with Crippen molar-refractivity contribution in [2.75, 3.05) is 33.2 Å². The third kappa shape index (κ3) is 4.14. The topological polar surface area (TPSA) is 56.8 Å². The minimum atomic E-state index is -3.33. The summed E-state index contributed by atoms with van der Waals surface area (Å²) in [6.07, 6.45) is 9.16. The van der Waals surface area contributed by atoms with E-state index in [-0.39, 0.29) is 6.04 Å². The van der Waals surface area contributed by atoms with Crippen LogP contribution in [0.15, 0.2) is 24.5 Å². The number of nitrogens with zero attached hydrogens (tertiary/aromatic N) is 4. The molecule has 1 saturated heterocycles. The van der Waals surface area contributed by atoms with Gasteiger partial charge in [0.05, 0.1) is 0 Å². The van der Waals surface area contributed by atoms with Crippen molar-refractivity contribution >= 4 is 10.2 Å². The minimum Gasteiger partial charge on any atom is -0.296 e. The third-order valence-corrected chi connectivity index (χ3v) is 7.28. The smallest absolute Gasteiger partial charge is 0.282 e. The zero-order valence-electron chi connectivity index (χ0n) is 14.5. The van der Waals surface area contributed by atoms with E-state index < -0.39 is 10.2 Å². The van der Waals surface area contributed by atoms with Crippen LogP contribution in [0.5, 0.6) is 0 Å². The number of piperazine rings is 1. The lowest BCUT2D eigenvalue weighted by molar-refractivity contribution is 0.170. The van der Waals surface area contributed by atoms with E-state index in [2.05, 4.69) is 16.0 Å². The number of hydrogen-bond donors (Lipinski definition) is 0. The van der Waals surface area contributed by atoms with E-state index in [1.54, 1.807) is 21.9 Å². The van der Waals surface area contributed by atoms with E-state index in [0.717, 1.165) is 45.3 Å². The molecule has 1 saturated carbocycles. The number of pyridine rings is 1. The van der Waals surface area contributed by atoms with Gasteiger partial charge in [-0.15, -0.1) is 0 Å². The highest BCUT2D eigenvalue weighted by Gasteiger charge is 2.34. The van der Waals surface area contributed by atoms with Gasteiger partial charge in [0, 0.05) is 58.2 Å². The Bertz CT molecular complexity index is 609. The molecule has 24 heavy (non-hydrogen) atoms. The van der Waals surface area contributed by atoms with Gasteiger partial charge in [-0.2, -0.15) is 17.0 Å². The molecule has 1 aromatic rings. The van der Waals surface area contributed by atoms with Crippen LogP contribution in [-0.2, 0) is 16.8 Å². The molecule has 0 atom stereocenters. The van der Waals surface area contributed by atoms with E-state index in [9.17, 15) is 8.42 Å². The molecule has 0 unspecified atom stereocenters. The largest absolute Gasteiger partial charge is 0.296 e. The maximum atomic E-state index is 12.9. The fourth-order valence-electron chi connectivity index (χ4n) is 3.68. The summed E-state index contributed by atoms with van der Waals surface area (Å²) in [7, 11) is -1.57. The van der Waals surface area contributed by atoms with Crippen LogP contribution in [-0.4, -0.2) is 66.2 Å². The summed E-state index contributed by atoms with van der Waals surface area (Å²) in [4.78, 5) is 6.43. The van der Waals surface area contributed by atoms with Gasteiger partial charge in [0.1, 0.15) is 0 Å². The monoisotopic (exact) mass is 352 g/mol. The summed E-state index contributed by atoms with van der Waals surface area (Å²) in [5.41, 5.74) is 1.17. The van der Waals surface area contributed by atoms with Crippen LogP contribution in [0.1, 0.15) is 37.7 Å². The summed E-state index contributed by atoms with van der Waals surface area (Å²) in [5, 5.41) is 0. The summed E-state index contributed by atoms with van der Waals surface area (Å²) in [6.45, 7) is 3.51. The molecule has 0 amide bonds. The van der Waals surface area contributed by atoms with Gasteiger partial charge < -0.3 is 0 Å². The quantitative estimate of drug-likeness (QED) is 0.809. The average molecular weight is 353 g/mol. The molecule has 3 rings (SSSR count). The Morgan fingerprint density at radius 2 is 1.88 bits per heavy atom. The van der Waals surface area contributed by atoms with Crippen molar-refractivity contribution in [1.29, 1.82) is 0 Å². The lowest BCUT2D eigenvalue weighted by Crippen LogP contribution is -2.54. The molecule has 2 aliphatic rings. The molecule has 0 aromatic carbocycles. The van der Waals surface area contributed by atoms with Gasteiger partial charge >= 0.3 is 0 Å². The zero-order valence-corrected chi connectivity index (χ0v) is 15.3. The highest BCUT2D eigenvalue weighted by molar-refractivity contribution is 7.86. The third-order valence-electron chi connectivity index (χ3n) is 5.24. The van der Waals surface area contributed by atoms with Crippen molar-refractivity contribution in [2.24, 2.45) is 0 Å². The second kappa shape index (κ2) is 7.91. The molecule has 134 valence electrons. The van der Waals surface area contributed by atoms with Gasteiger partial charge in [-0.1, -0.05) is 25.3 Å². The molecule has 0 spiro atoms. The Kier molecular flexibility index (Phi) is 5.86. The summed E-state index contributed by atoms with van der Waals surface area (Å²) < 4.78 is 29.0. The number of hydrogen-bond acceptors (Lipinski definition) is 4. The molecular formula is C17H28N4O2S. The first-order valence-electron chi connectivity index (χ1n) is 8.92. The van der Waals surface area contributed by atoms with Crippen molar-refractivity contribution in [1.82, 2.24) is 18.5 Å². The molecule has 0 radical (unpaired) electrons. The predicted octanol–water partition coefficient (Wildman–Crippen LogP) is 1.71. The Labute approximate surface area is 145 Å². The maximum Gasteiger partial charge on any atom is 0.282 e. The second-order valence-corrected chi connectivity index (χ2v) is 8.84. The van der Waals surface area contributed by atoms with Crippen molar-refractivity contribution in [2.45, 2.75) is 44.7 Å². The van der Waals surface area contributed by atoms with Gasteiger partial charge in [-0.05, 0) is 24.5 Å². The van der Waals surface area contributed by atoms with E-state index in [0.29, 0.717) is 13.1 Å². The molecule has 6 nitrogen and oxygen atoms in total. The van der Waals surface area contributed by atoms with Gasteiger partial charge in [-0.25, -0.2) is 0 Å². The fourth-order valence-corrected chi connectivity index (χ4v) is 5.26. The van der Waals surface area contributed by atoms with Crippen LogP contribution in [0.4, 0.5) is 0 Å². The van der Waals surface area contributed by atoms with Gasteiger partial charge in [-0.3, -0.25) is 9.88 Å². The SMILES string of the molecule is CN(C1CCCCC1)S(=O)(=O)N1CCN(Cc2cccnc2)CC1. The van der Waals surface area contributed by atoms with Crippen LogP contribution >= 0.6 is 0 Å². The normalized spacial score (nSPS) is 22.1. The van der Waals surface area contributed by atoms with E-state index in [1.807, 2.05) is 12.3 Å². The van der Waals surface area contributed by atoms with Crippen molar-refractivity contribution in [3.63, 3.8) is 0 Å². The molecule has 7 heteroatoms. The Hall–Kier alpha value is -1.02.